The van der Waals surface area contributed by atoms with E-state index < -0.39 is 11.2 Å². The highest BCUT2D eigenvalue weighted by atomic mass is 35.5. The lowest BCUT2D eigenvalue weighted by atomic mass is 10.1. The van der Waals surface area contributed by atoms with E-state index in [4.69, 9.17) is 23.2 Å². The van der Waals surface area contributed by atoms with Crippen molar-refractivity contribution in [2.45, 2.75) is 14.9 Å². The van der Waals surface area contributed by atoms with Crippen molar-refractivity contribution in [1.82, 2.24) is 0 Å². The van der Waals surface area contributed by atoms with Crippen molar-refractivity contribution >= 4 is 51.8 Å². The predicted molar refractivity (Wildman–Crippen MR) is 90.8 cm³/mol. The third kappa shape index (κ3) is 2.34. The minimum absolute atomic E-state index is 0.0147. The first-order valence-electron chi connectivity index (χ1n) is 6.51. The average Bonchev–Trinajstić information content (AvgIpc) is 2.97. The zero-order chi connectivity index (χ0) is 14.6. The van der Waals surface area contributed by atoms with Gasteiger partial charge in [-0.15, -0.1) is 0 Å². The van der Waals surface area contributed by atoms with Crippen molar-refractivity contribution in [3.63, 3.8) is 0 Å². The molecule has 21 heavy (non-hydrogen) atoms. The maximum Gasteiger partial charge on any atom is 0.241 e. The molecule has 3 unspecified atom stereocenters. The Labute approximate surface area is 140 Å². The predicted octanol–water partition coefficient (Wildman–Crippen LogP) is 4.69. The smallest absolute Gasteiger partial charge is 0.241 e. The van der Waals surface area contributed by atoms with E-state index in [1.165, 1.54) is 0 Å². The van der Waals surface area contributed by atoms with Crippen LogP contribution in [0.1, 0.15) is 10.8 Å². The second-order valence-corrected chi connectivity index (χ2v) is 9.02. The van der Waals surface area contributed by atoms with Gasteiger partial charge < -0.3 is 9.45 Å². The van der Waals surface area contributed by atoms with Gasteiger partial charge in [-0.05, 0) is 53.3 Å². The molecule has 2 aromatic rings. The largest absolute Gasteiger partial charge is 0.613 e. The van der Waals surface area contributed by atoms with E-state index in [1.54, 1.807) is 11.8 Å². The standard InChI is InChI=1S/C15H11Cl2NOS2/c16-10-3-1-9(2-4-10)14-8-18-12-6-5-11(17)7-13(12)20-15(18)21(14)19/h1-7,14-15H,8H2. The van der Waals surface area contributed by atoms with Gasteiger partial charge in [0, 0.05) is 20.5 Å². The van der Waals surface area contributed by atoms with Crippen LogP contribution in [-0.2, 0) is 11.2 Å². The summed E-state index contributed by atoms with van der Waals surface area (Å²) in [6, 6.07) is 13.5. The van der Waals surface area contributed by atoms with Gasteiger partial charge in [-0.25, -0.2) is 0 Å². The molecule has 0 radical (unpaired) electrons. The summed E-state index contributed by atoms with van der Waals surface area (Å²) >= 11 is 12.7. The van der Waals surface area contributed by atoms with Gasteiger partial charge in [-0.2, -0.15) is 0 Å². The Kier molecular flexibility index (Phi) is 3.55. The molecule has 2 aliphatic heterocycles. The van der Waals surface area contributed by atoms with Gasteiger partial charge in [0.1, 0.15) is 0 Å². The fraction of sp³-hybridized carbons (Fsp3) is 0.200. The molecule has 6 heteroatoms. The van der Waals surface area contributed by atoms with Gasteiger partial charge in [-0.3, -0.25) is 0 Å². The second-order valence-electron chi connectivity index (χ2n) is 5.06. The molecular formula is C15H11Cl2NOS2. The van der Waals surface area contributed by atoms with Crippen molar-refractivity contribution in [2.75, 3.05) is 11.4 Å². The summed E-state index contributed by atoms with van der Waals surface area (Å²) in [5, 5.41) is 1.46. The fourth-order valence-electron chi connectivity index (χ4n) is 2.77. The number of thioether (sulfide) groups is 1. The van der Waals surface area contributed by atoms with Crippen LogP contribution in [0.3, 0.4) is 0 Å². The van der Waals surface area contributed by atoms with Crippen molar-refractivity contribution in [3.05, 3.63) is 58.1 Å². The van der Waals surface area contributed by atoms with Crippen molar-refractivity contribution < 1.29 is 4.55 Å². The second kappa shape index (κ2) is 5.28. The summed E-state index contributed by atoms with van der Waals surface area (Å²) in [6.45, 7) is 0.764. The van der Waals surface area contributed by atoms with E-state index in [2.05, 4.69) is 4.90 Å². The third-order valence-corrected chi connectivity index (χ3v) is 7.81. The van der Waals surface area contributed by atoms with Gasteiger partial charge in [-0.1, -0.05) is 35.3 Å². The SMILES string of the molecule is [O-][S+]1C(c2ccc(Cl)cc2)CN2c3ccc(Cl)cc3SC21. The Hall–Kier alpha value is -0.520. The number of hydrogen-bond acceptors (Lipinski definition) is 3. The zero-order valence-electron chi connectivity index (χ0n) is 10.8. The molecule has 0 aromatic heterocycles. The first-order valence-corrected chi connectivity index (χ1v) is 9.42. The summed E-state index contributed by atoms with van der Waals surface area (Å²) in [5.74, 6) is 0. The summed E-state index contributed by atoms with van der Waals surface area (Å²) in [7, 11) is 0. The zero-order valence-corrected chi connectivity index (χ0v) is 14.0. The van der Waals surface area contributed by atoms with Crippen molar-refractivity contribution in [3.8, 4) is 0 Å². The van der Waals surface area contributed by atoms with Crippen LogP contribution in [0.2, 0.25) is 10.0 Å². The molecule has 0 amide bonds. The molecule has 1 fully saturated rings. The van der Waals surface area contributed by atoms with E-state index in [0.29, 0.717) is 5.02 Å². The van der Waals surface area contributed by atoms with Gasteiger partial charge in [0.25, 0.3) is 0 Å². The molecule has 1 saturated heterocycles. The molecule has 0 bridgehead atoms. The Morgan fingerprint density at radius 1 is 1.10 bits per heavy atom. The molecule has 0 spiro atoms. The number of rotatable bonds is 1. The summed E-state index contributed by atoms with van der Waals surface area (Å²) < 4.78 is 12.8. The molecule has 0 N–H and O–H groups in total. The van der Waals surface area contributed by atoms with Crippen LogP contribution in [0, 0.1) is 0 Å². The normalized spacial score (nSPS) is 26.8. The highest BCUT2D eigenvalue weighted by molar-refractivity contribution is 8.14. The Morgan fingerprint density at radius 3 is 2.57 bits per heavy atom. The van der Waals surface area contributed by atoms with E-state index in [9.17, 15) is 4.55 Å². The van der Waals surface area contributed by atoms with Crippen LogP contribution in [0.4, 0.5) is 5.69 Å². The number of nitrogens with zero attached hydrogens (tertiary/aromatic N) is 1. The van der Waals surface area contributed by atoms with E-state index in [0.717, 1.165) is 27.7 Å². The number of halogens is 2. The first kappa shape index (κ1) is 14.1. The Morgan fingerprint density at radius 2 is 1.81 bits per heavy atom. The fourth-order valence-corrected chi connectivity index (χ4v) is 6.74. The van der Waals surface area contributed by atoms with Gasteiger partial charge in [0.15, 0.2) is 5.25 Å². The lowest BCUT2D eigenvalue weighted by Crippen LogP contribution is -2.25. The monoisotopic (exact) mass is 355 g/mol. The topological polar surface area (TPSA) is 26.3 Å². The number of benzene rings is 2. The van der Waals surface area contributed by atoms with Crippen molar-refractivity contribution in [1.29, 1.82) is 0 Å². The van der Waals surface area contributed by atoms with E-state index >= 15 is 0 Å². The van der Waals surface area contributed by atoms with Gasteiger partial charge >= 0.3 is 0 Å². The lowest BCUT2D eigenvalue weighted by Gasteiger charge is -2.16. The highest BCUT2D eigenvalue weighted by Crippen LogP contribution is 2.53. The average molecular weight is 356 g/mol. The van der Waals surface area contributed by atoms with E-state index in [1.807, 2.05) is 42.5 Å². The quantitative estimate of drug-likeness (QED) is 0.694. The third-order valence-electron chi connectivity index (χ3n) is 3.80. The maximum absolute atomic E-state index is 12.8. The molecule has 2 nitrogen and oxygen atoms in total. The minimum atomic E-state index is -0.954. The van der Waals surface area contributed by atoms with Gasteiger partial charge in [0.2, 0.25) is 4.71 Å². The lowest BCUT2D eigenvalue weighted by molar-refractivity contribution is 0.591. The molecule has 0 aliphatic carbocycles. The van der Waals surface area contributed by atoms with Crippen molar-refractivity contribution in [2.24, 2.45) is 0 Å². The van der Waals surface area contributed by atoms with Crippen LogP contribution in [0.5, 0.6) is 0 Å². The highest BCUT2D eigenvalue weighted by Gasteiger charge is 2.50. The van der Waals surface area contributed by atoms with Crippen LogP contribution in [0.25, 0.3) is 0 Å². The molecule has 2 aliphatic rings. The van der Waals surface area contributed by atoms with Crippen LogP contribution >= 0.6 is 35.0 Å². The van der Waals surface area contributed by atoms with Crippen LogP contribution in [0.15, 0.2) is 47.4 Å². The minimum Gasteiger partial charge on any atom is -0.613 e. The first-order chi connectivity index (χ1) is 10.1. The summed E-state index contributed by atoms with van der Waals surface area (Å²) in [5.41, 5.74) is 2.22. The molecule has 2 aromatic carbocycles. The molecule has 4 rings (SSSR count). The van der Waals surface area contributed by atoms with Gasteiger partial charge in [0.05, 0.1) is 12.2 Å². The molecule has 3 atom stereocenters. The molecule has 108 valence electrons. The summed E-state index contributed by atoms with van der Waals surface area (Å²) in [6.07, 6.45) is 0. The van der Waals surface area contributed by atoms with E-state index in [-0.39, 0.29) is 9.96 Å². The van der Waals surface area contributed by atoms with Crippen LogP contribution < -0.4 is 4.90 Å². The summed E-state index contributed by atoms with van der Waals surface area (Å²) in [4.78, 5) is 3.35. The molecule has 2 heterocycles. The number of anilines is 1. The Bertz CT molecular complexity index is 695. The molecular weight excluding hydrogens is 345 g/mol. The number of fused-ring (bicyclic) bond motifs is 3. The Balaban J connectivity index is 1.66. The number of hydrogen-bond donors (Lipinski definition) is 0. The van der Waals surface area contributed by atoms with Crippen LogP contribution in [-0.4, -0.2) is 15.8 Å². The maximum atomic E-state index is 12.8. The molecule has 0 saturated carbocycles.